The molecular weight excluding hydrogens is 335 g/mol. The summed E-state index contributed by atoms with van der Waals surface area (Å²) >= 11 is 0. The summed E-state index contributed by atoms with van der Waals surface area (Å²) in [4.78, 5) is 20.5. The highest BCUT2D eigenvalue weighted by molar-refractivity contribution is 6.03. The minimum atomic E-state index is -0.509. The molecule has 2 N–H and O–H groups in total. The summed E-state index contributed by atoms with van der Waals surface area (Å²) in [7, 11) is 1.61. The molecule has 0 radical (unpaired) electrons. The fraction of sp³-hybridized carbons (Fsp3) is 0.105. The van der Waals surface area contributed by atoms with Crippen molar-refractivity contribution in [3.8, 4) is 5.75 Å². The highest BCUT2D eigenvalue weighted by atomic mass is 19.1. The number of carbonyl (C=O) groups is 1. The quantitative estimate of drug-likeness (QED) is 0.710. The first-order chi connectivity index (χ1) is 12.7. The van der Waals surface area contributed by atoms with Gasteiger partial charge in [-0.3, -0.25) is 4.79 Å². The van der Waals surface area contributed by atoms with E-state index >= 15 is 0 Å². The van der Waals surface area contributed by atoms with Gasteiger partial charge in [0.05, 0.1) is 12.8 Å². The number of hydrogen-bond acceptors (Lipinski definition) is 5. The molecule has 0 aliphatic carbocycles. The molecule has 0 saturated heterocycles. The number of anilines is 2. The highest BCUT2D eigenvalue weighted by Crippen LogP contribution is 2.14. The van der Waals surface area contributed by atoms with Crippen molar-refractivity contribution in [3.63, 3.8) is 0 Å². The number of ether oxygens (including phenoxy) is 1. The first kappa shape index (κ1) is 17.3. The minimum Gasteiger partial charge on any atom is -0.497 e. The van der Waals surface area contributed by atoms with Gasteiger partial charge in [-0.1, -0.05) is 24.3 Å². The van der Waals surface area contributed by atoms with Crippen molar-refractivity contribution >= 4 is 17.5 Å². The van der Waals surface area contributed by atoms with E-state index in [1.165, 1.54) is 24.4 Å². The molecule has 6 nitrogen and oxygen atoms in total. The Balaban J connectivity index is 1.65. The Hall–Kier alpha value is -3.48. The van der Waals surface area contributed by atoms with Crippen LogP contribution in [0.25, 0.3) is 0 Å². The minimum absolute atomic E-state index is 0.101. The van der Waals surface area contributed by atoms with Crippen LogP contribution in [-0.4, -0.2) is 23.0 Å². The number of nitrogens with zero attached hydrogens (tertiary/aromatic N) is 2. The molecule has 26 heavy (non-hydrogen) atoms. The zero-order valence-electron chi connectivity index (χ0n) is 14.1. The van der Waals surface area contributed by atoms with Crippen molar-refractivity contribution in [3.05, 3.63) is 77.9 Å². The van der Waals surface area contributed by atoms with Crippen molar-refractivity contribution in [1.82, 2.24) is 9.97 Å². The maximum absolute atomic E-state index is 13.6. The first-order valence-electron chi connectivity index (χ1n) is 7.91. The summed E-state index contributed by atoms with van der Waals surface area (Å²) < 4.78 is 18.8. The van der Waals surface area contributed by atoms with Crippen LogP contribution in [0.3, 0.4) is 0 Å². The average Bonchev–Trinajstić information content (AvgIpc) is 2.69. The van der Waals surface area contributed by atoms with Crippen LogP contribution in [-0.2, 0) is 6.54 Å². The number of nitrogens with one attached hydrogen (secondary N) is 2. The van der Waals surface area contributed by atoms with E-state index in [0.29, 0.717) is 12.5 Å². The van der Waals surface area contributed by atoms with Crippen LogP contribution in [0.5, 0.6) is 5.75 Å². The van der Waals surface area contributed by atoms with Gasteiger partial charge in [0.25, 0.3) is 5.91 Å². The maximum Gasteiger partial charge on any atom is 0.274 e. The Kier molecular flexibility index (Phi) is 5.38. The van der Waals surface area contributed by atoms with Crippen LogP contribution in [0, 0.1) is 5.82 Å². The zero-order valence-corrected chi connectivity index (χ0v) is 14.1. The summed E-state index contributed by atoms with van der Waals surface area (Å²) in [6, 6.07) is 15.0. The van der Waals surface area contributed by atoms with Gasteiger partial charge in [0.1, 0.15) is 17.3 Å². The third-order valence-corrected chi connectivity index (χ3v) is 3.62. The molecular formula is C19H17FN4O2. The maximum atomic E-state index is 13.6. The van der Waals surface area contributed by atoms with E-state index in [1.807, 2.05) is 24.3 Å². The van der Waals surface area contributed by atoms with Crippen molar-refractivity contribution < 1.29 is 13.9 Å². The Morgan fingerprint density at radius 2 is 1.88 bits per heavy atom. The molecule has 0 bridgehead atoms. The van der Waals surface area contributed by atoms with Gasteiger partial charge in [-0.05, 0) is 35.9 Å². The molecule has 132 valence electrons. The number of rotatable bonds is 6. The van der Waals surface area contributed by atoms with Gasteiger partial charge in [-0.2, -0.15) is 0 Å². The van der Waals surface area contributed by atoms with E-state index in [4.69, 9.17) is 4.74 Å². The molecule has 7 heteroatoms. The lowest BCUT2D eigenvalue weighted by Gasteiger charge is -2.08. The number of benzene rings is 2. The number of hydrogen-bond donors (Lipinski definition) is 2. The number of amides is 1. The Bertz CT molecular complexity index is 900. The summed E-state index contributed by atoms with van der Waals surface area (Å²) in [6.07, 6.45) is 1.47. The fourth-order valence-corrected chi connectivity index (χ4v) is 2.24. The number of para-hydroxylation sites is 1. The molecule has 0 aliphatic heterocycles. The second-order valence-electron chi connectivity index (χ2n) is 5.40. The van der Waals surface area contributed by atoms with E-state index in [2.05, 4.69) is 20.6 Å². The van der Waals surface area contributed by atoms with Gasteiger partial charge in [0, 0.05) is 12.7 Å². The number of carbonyl (C=O) groups excluding carboxylic acids is 1. The molecule has 0 spiro atoms. The molecule has 3 rings (SSSR count). The molecule has 2 aromatic carbocycles. The van der Waals surface area contributed by atoms with Crippen LogP contribution in [0.1, 0.15) is 16.1 Å². The van der Waals surface area contributed by atoms with Gasteiger partial charge >= 0.3 is 0 Å². The second kappa shape index (κ2) is 8.06. The van der Waals surface area contributed by atoms with Gasteiger partial charge in [-0.25, -0.2) is 14.4 Å². The third-order valence-electron chi connectivity index (χ3n) is 3.62. The van der Waals surface area contributed by atoms with E-state index in [-0.39, 0.29) is 11.4 Å². The van der Waals surface area contributed by atoms with Crippen LogP contribution >= 0.6 is 0 Å². The molecule has 0 saturated carbocycles. The van der Waals surface area contributed by atoms with Gasteiger partial charge < -0.3 is 15.4 Å². The Morgan fingerprint density at radius 1 is 1.12 bits per heavy atom. The first-order valence-corrected chi connectivity index (χ1v) is 7.91. The normalized spacial score (nSPS) is 10.2. The number of halogens is 1. The molecule has 0 aliphatic rings. The molecule has 1 amide bonds. The number of aromatic nitrogens is 2. The molecule has 0 fully saturated rings. The lowest BCUT2D eigenvalue weighted by atomic mass is 10.2. The summed E-state index contributed by atoms with van der Waals surface area (Å²) in [5, 5.41) is 5.55. The largest absolute Gasteiger partial charge is 0.497 e. The Morgan fingerprint density at radius 3 is 2.62 bits per heavy atom. The van der Waals surface area contributed by atoms with Crippen LogP contribution in [0.4, 0.5) is 16.0 Å². The summed E-state index contributed by atoms with van der Waals surface area (Å²) in [5.41, 5.74) is 1.25. The fourth-order valence-electron chi connectivity index (χ4n) is 2.24. The predicted octanol–water partition coefficient (Wildman–Crippen LogP) is 3.49. The van der Waals surface area contributed by atoms with E-state index in [0.717, 1.165) is 11.3 Å². The summed E-state index contributed by atoms with van der Waals surface area (Å²) in [6.45, 7) is 0.488. The molecule has 1 heterocycles. The van der Waals surface area contributed by atoms with Gasteiger partial charge in [-0.15, -0.1) is 0 Å². The molecule has 0 atom stereocenters. The highest BCUT2D eigenvalue weighted by Gasteiger charge is 2.11. The van der Waals surface area contributed by atoms with Crippen LogP contribution < -0.4 is 15.4 Å². The van der Waals surface area contributed by atoms with Crippen molar-refractivity contribution in [2.24, 2.45) is 0 Å². The van der Waals surface area contributed by atoms with Crippen molar-refractivity contribution in [2.75, 3.05) is 17.7 Å². The van der Waals surface area contributed by atoms with Gasteiger partial charge in [0.15, 0.2) is 0 Å². The van der Waals surface area contributed by atoms with E-state index in [1.54, 1.807) is 19.2 Å². The lowest BCUT2D eigenvalue weighted by Crippen LogP contribution is -2.16. The monoisotopic (exact) mass is 352 g/mol. The topological polar surface area (TPSA) is 76.1 Å². The Labute approximate surface area is 150 Å². The zero-order chi connectivity index (χ0) is 18.4. The average molecular weight is 352 g/mol. The van der Waals surface area contributed by atoms with Gasteiger partial charge in [0.2, 0.25) is 5.95 Å². The lowest BCUT2D eigenvalue weighted by molar-refractivity contribution is 0.102. The van der Waals surface area contributed by atoms with Crippen molar-refractivity contribution in [1.29, 1.82) is 0 Å². The van der Waals surface area contributed by atoms with E-state index < -0.39 is 11.7 Å². The van der Waals surface area contributed by atoms with Crippen LogP contribution in [0.2, 0.25) is 0 Å². The standard InChI is InChI=1S/C19H17FN4O2/c1-26-14-8-6-13(7-9-14)12-22-19-21-11-10-17(24-19)18(25)23-16-5-3-2-4-15(16)20/h2-11H,12H2,1H3,(H,23,25)(H,21,22,24). The van der Waals surface area contributed by atoms with Crippen LogP contribution in [0.15, 0.2) is 60.8 Å². The molecule has 3 aromatic rings. The molecule has 0 unspecified atom stereocenters. The predicted molar refractivity (Wildman–Crippen MR) is 96.7 cm³/mol. The molecule has 1 aromatic heterocycles. The smallest absolute Gasteiger partial charge is 0.274 e. The number of methoxy groups -OCH3 is 1. The van der Waals surface area contributed by atoms with Crippen molar-refractivity contribution in [2.45, 2.75) is 6.54 Å². The third kappa shape index (κ3) is 4.32. The second-order valence-corrected chi connectivity index (χ2v) is 5.40. The SMILES string of the molecule is COc1ccc(CNc2nccc(C(=O)Nc3ccccc3F)n2)cc1. The van der Waals surface area contributed by atoms with E-state index in [9.17, 15) is 9.18 Å². The summed E-state index contributed by atoms with van der Waals surface area (Å²) in [5.74, 6) is 0.0663.